The summed E-state index contributed by atoms with van der Waals surface area (Å²) in [5.41, 5.74) is 4.07. The summed E-state index contributed by atoms with van der Waals surface area (Å²) in [5, 5.41) is 5.58. The Morgan fingerprint density at radius 2 is 1.65 bits per heavy atom. The van der Waals surface area contributed by atoms with E-state index < -0.39 is 0 Å². The van der Waals surface area contributed by atoms with Gasteiger partial charge in [0.1, 0.15) is 6.42 Å². The largest absolute Gasteiger partial charge is 0.372 e. The summed E-state index contributed by atoms with van der Waals surface area (Å²) in [4.78, 5) is 26.4. The van der Waals surface area contributed by atoms with Gasteiger partial charge in [-0.1, -0.05) is 24.3 Å². The first-order valence-corrected chi connectivity index (χ1v) is 9.08. The second kappa shape index (κ2) is 8.52. The standard InChI is InChI=1S/C21H25N3O2/c1-16-6-2-3-7-17(16)15-22-20(25)14-21(26)23-18-8-10-19(11-9-18)24-12-4-5-13-24/h2-3,6-11H,4-5,12-15H2,1H3,(H,22,25)(H,23,26). The molecule has 5 nitrogen and oxygen atoms in total. The maximum Gasteiger partial charge on any atom is 0.233 e. The molecule has 2 N–H and O–H groups in total. The first kappa shape index (κ1) is 18.0. The average molecular weight is 351 g/mol. The molecule has 1 aliphatic heterocycles. The lowest BCUT2D eigenvalue weighted by molar-refractivity contribution is -0.126. The number of rotatable bonds is 6. The van der Waals surface area contributed by atoms with E-state index in [0.717, 1.165) is 24.2 Å². The van der Waals surface area contributed by atoms with E-state index in [-0.39, 0.29) is 18.2 Å². The topological polar surface area (TPSA) is 61.4 Å². The second-order valence-electron chi connectivity index (χ2n) is 6.67. The number of nitrogens with one attached hydrogen (secondary N) is 2. The fraction of sp³-hybridized carbons (Fsp3) is 0.333. The maximum atomic E-state index is 12.1. The zero-order chi connectivity index (χ0) is 18.4. The molecule has 136 valence electrons. The van der Waals surface area contributed by atoms with E-state index >= 15 is 0 Å². The molecule has 0 aliphatic carbocycles. The number of anilines is 2. The summed E-state index contributed by atoms with van der Waals surface area (Å²) < 4.78 is 0. The van der Waals surface area contributed by atoms with Crippen molar-refractivity contribution < 1.29 is 9.59 Å². The van der Waals surface area contributed by atoms with Crippen LogP contribution in [0.4, 0.5) is 11.4 Å². The highest BCUT2D eigenvalue weighted by Gasteiger charge is 2.13. The fourth-order valence-electron chi connectivity index (χ4n) is 3.15. The van der Waals surface area contributed by atoms with Gasteiger partial charge < -0.3 is 15.5 Å². The first-order valence-electron chi connectivity index (χ1n) is 9.08. The van der Waals surface area contributed by atoms with Gasteiger partial charge in [-0.05, 0) is 55.2 Å². The summed E-state index contributed by atoms with van der Waals surface area (Å²) in [7, 11) is 0. The van der Waals surface area contributed by atoms with Gasteiger partial charge in [0.15, 0.2) is 0 Å². The highest BCUT2D eigenvalue weighted by Crippen LogP contribution is 2.22. The van der Waals surface area contributed by atoms with Crippen molar-refractivity contribution in [3.8, 4) is 0 Å². The van der Waals surface area contributed by atoms with Gasteiger partial charge in [-0.15, -0.1) is 0 Å². The summed E-state index contributed by atoms with van der Waals surface area (Å²) in [6, 6.07) is 15.7. The van der Waals surface area contributed by atoms with E-state index in [4.69, 9.17) is 0 Å². The number of hydrogen-bond donors (Lipinski definition) is 2. The number of nitrogens with zero attached hydrogens (tertiary/aromatic N) is 1. The van der Waals surface area contributed by atoms with Crippen LogP contribution in [0.1, 0.15) is 30.4 Å². The zero-order valence-corrected chi connectivity index (χ0v) is 15.1. The minimum absolute atomic E-state index is 0.181. The van der Waals surface area contributed by atoms with E-state index in [0.29, 0.717) is 12.2 Å². The van der Waals surface area contributed by atoms with Crippen LogP contribution in [0.2, 0.25) is 0 Å². The van der Waals surface area contributed by atoms with Crippen molar-refractivity contribution >= 4 is 23.2 Å². The molecule has 0 saturated carbocycles. The Kier molecular flexibility index (Phi) is 5.89. The van der Waals surface area contributed by atoms with Crippen molar-refractivity contribution in [2.24, 2.45) is 0 Å². The van der Waals surface area contributed by atoms with Gasteiger partial charge in [0.2, 0.25) is 11.8 Å². The molecule has 3 rings (SSSR count). The van der Waals surface area contributed by atoms with Crippen LogP contribution in [0, 0.1) is 6.92 Å². The molecule has 2 amide bonds. The smallest absolute Gasteiger partial charge is 0.233 e. The van der Waals surface area contributed by atoms with Gasteiger partial charge >= 0.3 is 0 Å². The third-order valence-electron chi connectivity index (χ3n) is 4.68. The maximum absolute atomic E-state index is 12.1. The van der Waals surface area contributed by atoms with Crippen LogP contribution in [0.5, 0.6) is 0 Å². The van der Waals surface area contributed by atoms with Crippen LogP contribution in [0.15, 0.2) is 48.5 Å². The van der Waals surface area contributed by atoms with Crippen LogP contribution in [0.25, 0.3) is 0 Å². The van der Waals surface area contributed by atoms with Gasteiger partial charge in [0.25, 0.3) is 0 Å². The lowest BCUT2D eigenvalue weighted by Crippen LogP contribution is -2.28. The van der Waals surface area contributed by atoms with Crippen molar-refractivity contribution in [3.05, 3.63) is 59.7 Å². The predicted octanol–water partition coefficient (Wildman–Crippen LogP) is 3.24. The zero-order valence-electron chi connectivity index (χ0n) is 15.1. The molecule has 1 fully saturated rings. The third-order valence-corrected chi connectivity index (χ3v) is 4.68. The van der Waals surface area contributed by atoms with Gasteiger partial charge in [0, 0.05) is 31.0 Å². The van der Waals surface area contributed by atoms with Gasteiger partial charge in [0.05, 0.1) is 0 Å². The van der Waals surface area contributed by atoms with Crippen molar-refractivity contribution in [2.75, 3.05) is 23.3 Å². The highest BCUT2D eigenvalue weighted by molar-refractivity contribution is 6.03. The lowest BCUT2D eigenvalue weighted by Gasteiger charge is -2.17. The number of carbonyl (C=O) groups excluding carboxylic acids is 2. The number of benzene rings is 2. The van der Waals surface area contributed by atoms with Crippen molar-refractivity contribution in [2.45, 2.75) is 32.7 Å². The van der Waals surface area contributed by atoms with E-state index in [1.807, 2.05) is 55.5 Å². The summed E-state index contributed by atoms with van der Waals surface area (Å²) >= 11 is 0. The Bertz CT molecular complexity index is 765. The molecule has 0 spiro atoms. The SMILES string of the molecule is Cc1ccccc1CNC(=O)CC(=O)Nc1ccc(N2CCCC2)cc1. The number of amides is 2. The summed E-state index contributed by atoms with van der Waals surface area (Å²) in [5.74, 6) is -0.583. The molecule has 1 saturated heterocycles. The van der Waals surface area contributed by atoms with E-state index in [9.17, 15) is 9.59 Å². The molecule has 1 aliphatic rings. The number of hydrogen-bond acceptors (Lipinski definition) is 3. The van der Waals surface area contributed by atoms with Crippen molar-refractivity contribution in [3.63, 3.8) is 0 Å². The van der Waals surface area contributed by atoms with E-state index in [1.165, 1.54) is 18.5 Å². The molecule has 0 unspecified atom stereocenters. The minimum atomic E-state index is -0.304. The van der Waals surface area contributed by atoms with Gasteiger partial charge in [-0.3, -0.25) is 9.59 Å². The third kappa shape index (κ3) is 4.85. The molecular formula is C21H25N3O2. The normalized spacial score (nSPS) is 13.5. The summed E-state index contributed by atoms with van der Waals surface area (Å²) in [6.45, 7) is 4.61. The van der Waals surface area contributed by atoms with E-state index in [2.05, 4.69) is 15.5 Å². The van der Waals surface area contributed by atoms with Crippen LogP contribution in [0.3, 0.4) is 0 Å². The molecule has 2 aromatic carbocycles. The summed E-state index contributed by atoms with van der Waals surface area (Å²) in [6.07, 6.45) is 2.28. The van der Waals surface area contributed by atoms with Crippen LogP contribution in [-0.4, -0.2) is 24.9 Å². The Labute approximate surface area is 154 Å². The fourth-order valence-corrected chi connectivity index (χ4v) is 3.15. The molecule has 2 aromatic rings. The molecule has 26 heavy (non-hydrogen) atoms. The van der Waals surface area contributed by atoms with Crippen LogP contribution in [-0.2, 0) is 16.1 Å². The van der Waals surface area contributed by atoms with Crippen molar-refractivity contribution in [1.29, 1.82) is 0 Å². The molecule has 0 atom stereocenters. The highest BCUT2D eigenvalue weighted by atomic mass is 16.2. The number of aryl methyl sites for hydroxylation is 1. The molecular weight excluding hydrogens is 326 g/mol. The predicted molar refractivity (Wildman–Crippen MR) is 104 cm³/mol. The Morgan fingerprint density at radius 1 is 0.962 bits per heavy atom. The molecule has 1 heterocycles. The Morgan fingerprint density at radius 3 is 2.35 bits per heavy atom. The molecule has 0 radical (unpaired) electrons. The molecule has 0 bridgehead atoms. The average Bonchev–Trinajstić information content (AvgIpc) is 3.16. The Hall–Kier alpha value is -2.82. The second-order valence-corrected chi connectivity index (χ2v) is 6.67. The Balaban J connectivity index is 1.45. The molecule has 5 heteroatoms. The lowest BCUT2D eigenvalue weighted by atomic mass is 10.1. The first-order chi connectivity index (χ1) is 12.6. The minimum Gasteiger partial charge on any atom is -0.372 e. The van der Waals surface area contributed by atoms with Crippen LogP contribution >= 0.6 is 0 Å². The number of carbonyl (C=O) groups is 2. The quantitative estimate of drug-likeness (QED) is 0.786. The van der Waals surface area contributed by atoms with Crippen LogP contribution < -0.4 is 15.5 Å². The van der Waals surface area contributed by atoms with Gasteiger partial charge in [-0.25, -0.2) is 0 Å². The monoisotopic (exact) mass is 351 g/mol. The van der Waals surface area contributed by atoms with Gasteiger partial charge in [-0.2, -0.15) is 0 Å². The van der Waals surface area contributed by atoms with Crippen molar-refractivity contribution in [1.82, 2.24) is 5.32 Å². The van der Waals surface area contributed by atoms with E-state index in [1.54, 1.807) is 0 Å². The molecule has 0 aromatic heterocycles.